The normalized spacial score (nSPS) is 13.8. The summed E-state index contributed by atoms with van der Waals surface area (Å²) in [5.41, 5.74) is 13.4. The second-order valence-corrected chi connectivity index (χ2v) is 6.99. The van der Waals surface area contributed by atoms with E-state index in [4.69, 9.17) is 10.7 Å². The number of hydrogen-bond donors (Lipinski definition) is 1. The molecule has 0 atom stereocenters. The Bertz CT molecular complexity index is 835. The lowest BCUT2D eigenvalue weighted by Crippen LogP contribution is -2.02. The fourth-order valence-electron chi connectivity index (χ4n) is 3.26. The van der Waals surface area contributed by atoms with Crippen molar-refractivity contribution in [2.75, 3.05) is 0 Å². The van der Waals surface area contributed by atoms with Crippen molar-refractivity contribution in [2.24, 2.45) is 5.73 Å². The molecule has 0 amide bonds. The van der Waals surface area contributed by atoms with E-state index in [1.54, 1.807) is 11.3 Å². The number of thiazole rings is 1. The van der Waals surface area contributed by atoms with Crippen LogP contribution < -0.4 is 5.73 Å². The van der Waals surface area contributed by atoms with Crippen molar-refractivity contribution in [3.63, 3.8) is 0 Å². The zero-order valence-corrected chi connectivity index (χ0v) is 13.9. The maximum absolute atomic E-state index is 5.74. The minimum absolute atomic E-state index is 0.566. The topological polar surface area (TPSA) is 38.9 Å². The first-order chi connectivity index (χ1) is 11.3. The summed E-state index contributed by atoms with van der Waals surface area (Å²) < 4.78 is 0. The Morgan fingerprint density at radius 1 is 0.957 bits per heavy atom. The van der Waals surface area contributed by atoms with Gasteiger partial charge in [0.25, 0.3) is 0 Å². The Hall–Kier alpha value is -1.97. The van der Waals surface area contributed by atoms with Crippen molar-refractivity contribution in [1.82, 2.24) is 4.98 Å². The Morgan fingerprint density at radius 2 is 1.83 bits per heavy atom. The molecule has 3 aromatic rings. The number of aryl methyl sites for hydroxylation is 2. The molecule has 0 fully saturated rings. The summed E-state index contributed by atoms with van der Waals surface area (Å²) >= 11 is 1.70. The van der Waals surface area contributed by atoms with E-state index in [0.717, 1.165) is 21.8 Å². The molecule has 0 saturated carbocycles. The van der Waals surface area contributed by atoms with Gasteiger partial charge >= 0.3 is 0 Å². The summed E-state index contributed by atoms with van der Waals surface area (Å²) in [5, 5.41) is 3.22. The van der Waals surface area contributed by atoms with Crippen LogP contribution in [-0.4, -0.2) is 4.98 Å². The minimum atomic E-state index is 0.566. The van der Waals surface area contributed by atoms with Gasteiger partial charge in [0.15, 0.2) is 0 Å². The van der Waals surface area contributed by atoms with Gasteiger partial charge in [0.1, 0.15) is 5.01 Å². The van der Waals surface area contributed by atoms with Crippen LogP contribution >= 0.6 is 11.3 Å². The molecule has 3 heteroatoms. The van der Waals surface area contributed by atoms with E-state index in [1.165, 1.54) is 42.4 Å². The van der Waals surface area contributed by atoms with Gasteiger partial charge < -0.3 is 5.73 Å². The van der Waals surface area contributed by atoms with E-state index in [1.807, 2.05) is 0 Å². The molecule has 0 radical (unpaired) electrons. The zero-order valence-electron chi connectivity index (χ0n) is 13.1. The fraction of sp³-hybridized carbons (Fsp3) is 0.250. The molecule has 0 bridgehead atoms. The zero-order chi connectivity index (χ0) is 15.6. The van der Waals surface area contributed by atoms with E-state index in [-0.39, 0.29) is 0 Å². The molecule has 1 aliphatic carbocycles. The maximum Gasteiger partial charge on any atom is 0.124 e. The number of fused-ring (bicyclic) bond motifs is 1. The molecule has 0 aliphatic heterocycles. The maximum atomic E-state index is 5.74. The quantitative estimate of drug-likeness (QED) is 0.752. The van der Waals surface area contributed by atoms with E-state index >= 15 is 0 Å². The first-order valence-corrected chi connectivity index (χ1v) is 9.08. The predicted molar refractivity (Wildman–Crippen MR) is 97.5 cm³/mol. The third-order valence-corrected chi connectivity index (χ3v) is 5.45. The van der Waals surface area contributed by atoms with Crippen LogP contribution in [0, 0.1) is 0 Å². The molecule has 116 valence electrons. The largest absolute Gasteiger partial charge is 0.326 e. The van der Waals surface area contributed by atoms with Crippen LogP contribution in [-0.2, 0) is 19.4 Å². The highest BCUT2D eigenvalue weighted by Gasteiger charge is 2.12. The number of hydrogen-bond acceptors (Lipinski definition) is 3. The summed E-state index contributed by atoms with van der Waals surface area (Å²) in [5.74, 6) is 0. The lowest BCUT2D eigenvalue weighted by Gasteiger charge is -2.16. The van der Waals surface area contributed by atoms with Gasteiger partial charge in [-0.3, -0.25) is 0 Å². The Kier molecular flexibility index (Phi) is 3.98. The van der Waals surface area contributed by atoms with E-state index in [2.05, 4.69) is 47.8 Å². The molecule has 2 N–H and O–H groups in total. The molecule has 4 rings (SSSR count). The summed E-state index contributed by atoms with van der Waals surface area (Å²) in [4.78, 5) is 4.85. The first kappa shape index (κ1) is 14.6. The molecule has 0 spiro atoms. The van der Waals surface area contributed by atoms with Gasteiger partial charge in [-0.05, 0) is 54.5 Å². The summed E-state index contributed by atoms with van der Waals surface area (Å²) in [7, 11) is 0. The SMILES string of the molecule is NCc1cccc(-c2nc(-c3ccc4c(c3)CCCC4)cs2)c1. The second kappa shape index (κ2) is 6.26. The van der Waals surface area contributed by atoms with E-state index in [9.17, 15) is 0 Å². The molecule has 1 aromatic heterocycles. The van der Waals surface area contributed by atoms with Crippen molar-refractivity contribution < 1.29 is 0 Å². The summed E-state index contributed by atoms with van der Waals surface area (Å²) in [6, 6.07) is 15.2. The van der Waals surface area contributed by atoms with Crippen LogP contribution in [0.4, 0.5) is 0 Å². The van der Waals surface area contributed by atoms with Gasteiger partial charge in [-0.2, -0.15) is 0 Å². The second-order valence-electron chi connectivity index (χ2n) is 6.13. The van der Waals surface area contributed by atoms with E-state index in [0.29, 0.717) is 6.54 Å². The van der Waals surface area contributed by atoms with Crippen LogP contribution in [0.5, 0.6) is 0 Å². The average Bonchev–Trinajstić information content (AvgIpc) is 3.11. The highest BCUT2D eigenvalue weighted by Crippen LogP contribution is 2.31. The monoisotopic (exact) mass is 320 g/mol. The van der Waals surface area contributed by atoms with Gasteiger partial charge in [-0.15, -0.1) is 11.3 Å². The lowest BCUT2D eigenvalue weighted by atomic mass is 9.90. The van der Waals surface area contributed by atoms with Crippen LogP contribution in [0.15, 0.2) is 47.8 Å². The molecule has 0 saturated heterocycles. The van der Waals surface area contributed by atoms with Gasteiger partial charge in [0.05, 0.1) is 5.69 Å². The molecule has 2 nitrogen and oxygen atoms in total. The van der Waals surface area contributed by atoms with Gasteiger partial charge in [0.2, 0.25) is 0 Å². The third kappa shape index (κ3) is 2.94. The van der Waals surface area contributed by atoms with Crippen molar-refractivity contribution >= 4 is 11.3 Å². The molecule has 1 aliphatic rings. The predicted octanol–water partition coefficient (Wildman–Crippen LogP) is 4.81. The van der Waals surface area contributed by atoms with Crippen LogP contribution in [0.1, 0.15) is 29.5 Å². The Morgan fingerprint density at radius 3 is 2.70 bits per heavy atom. The minimum Gasteiger partial charge on any atom is -0.326 e. The van der Waals surface area contributed by atoms with Gasteiger partial charge in [0, 0.05) is 23.1 Å². The number of aromatic nitrogens is 1. The van der Waals surface area contributed by atoms with Gasteiger partial charge in [-0.1, -0.05) is 30.3 Å². The molecule has 23 heavy (non-hydrogen) atoms. The molecular formula is C20H20N2S. The van der Waals surface area contributed by atoms with E-state index < -0.39 is 0 Å². The van der Waals surface area contributed by atoms with Crippen molar-refractivity contribution in [3.8, 4) is 21.8 Å². The highest BCUT2D eigenvalue weighted by molar-refractivity contribution is 7.13. The summed E-state index contributed by atoms with van der Waals surface area (Å²) in [6.07, 6.45) is 5.07. The number of nitrogens with zero attached hydrogens (tertiary/aromatic N) is 1. The van der Waals surface area contributed by atoms with Crippen molar-refractivity contribution in [3.05, 3.63) is 64.5 Å². The number of rotatable bonds is 3. The average molecular weight is 320 g/mol. The molecule has 0 unspecified atom stereocenters. The lowest BCUT2D eigenvalue weighted by molar-refractivity contribution is 0.686. The summed E-state index contributed by atoms with van der Waals surface area (Å²) in [6.45, 7) is 0.566. The Labute approximate surface area is 141 Å². The first-order valence-electron chi connectivity index (χ1n) is 8.20. The van der Waals surface area contributed by atoms with Crippen LogP contribution in [0.25, 0.3) is 21.8 Å². The third-order valence-electron chi connectivity index (χ3n) is 4.56. The number of nitrogens with two attached hydrogens (primary N) is 1. The standard InChI is InChI=1S/C20H20N2S/c21-12-14-4-3-7-18(10-14)20-22-19(13-23-20)17-9-8-15-5-1-2-6-16(15)11-17/h3-4,7-11,13H,1-2,5-6,12,21H2. The molecule has 1 heterocycles. The molecule has 2 aromatic carbocycles. The van der Waals surface area contributed by atoms with Crippen LogP contribution in [0.2, 0.25) is 0 Å². The highest BCUT2D eigenvalue weighted by atomic mass is 32.1. The van der Waals surface area contributed by atoms with Crippen molar-refractivity contribution in [1.29, 1.82) is 0 Å². The number of benzene rings is 2. The van der Waals surface area contributed by atoms with Crippen molar-refractivity contribution in [2.45, 2.75) is 32.2 Å². The smallest absolute Gasteiger partial charge is 0.124 e. The van der Waals surface area contributed by atoms with Gasteiger partial charge in [-0.25, -0.2) is 4.98 Å². The fourth-order valence-corrected chi connectivity index (χ4v) is 4.09. The Balaban J connectivity index is 1.67. The van der Waals surface area contributed by atoms with Crippen LogP contribution in [0.3, 0.4) is 0 Å². The molecular weight excluding hydrogens is 300 g/mol.